The predicted molar refractivity (Wildman–Crippen MR) is 66.7 cm³/mol. The third-order valence-electron chi connectivity index (χ3n) is 2.44. The first kappa shape index (κ1) is 14.1. The summed E-state index contributed by atoms with van der Waals surface area (Å²) in [7, 11) is 1.57. The number of primary amides is 1. The normalized spacial score (nSPS) is 11.9. The number of carbonyl (C=O) groups is 2. The predicted octanol–water partition coefficient (Wildman–Crippen LogP) is -1.02. The molecule has 0 bridgehead atoms. The third kappa shape index (κ3) is 4.15. The fraction of sp³-hybridized carbons (Fsp3) is 0.333. The Bertz CT molecular complexity index is 417. The zero-order chi connectivity index (χ0) is 13.5. The molecule has 0 aliphatic carbocycles. The summed E-state index contributed by atoms with van der Waals surface area (Å²) in [5.41, 5.74) is 6.44. The number of rotatable bonds is 6. The van der Waals surface area contributed by atoms with Gasteiger partial charge in [-0.05, 0) is 17.7 Å². The van der Waals surface area contributed by atoms with Crippen LogP contribution in [-0.2, 0) is 11.3 Å². The summed E-state index contributed by atoms with van der Waals surface area (Å²) in [6, 6.07) is 7.02. The molecule has 1 unspecified atom stereocenters. The van der Waals surface area contributed by atoms with E-state index in [0.29, 0.717) is 12.1 Å². The molecule has 1 aromatic rings. The summed E-state index contributed by atoms with van der Waals surface area (Å²) in [5, 5.41) is 14.6. The van der Waals surface area contributed by atoms with E-state index in [9.17, 15) is 9.59 Å². The van der Waals surface area contributed by atoms with Crippen molar-refractivity contribution in [2.45, 2.75) is 12.6 Å². The van der Waals surface area contributed by atoms with Gasteiger partial charge in [0.1, 0.15) is 6.10 Å². The maximum Gasteiger partial charge on any atom is 0.251 e. The van der Waals surface area contributed by atoms with Gasteiger partial charge >= 0.3 is 0 Å². The van der Waals surface area contributed by atoms with Crippen LogP contribution in [0.1, 0.15) is 15.9 Å². The average molecular weight is 251 g/mol. The molecule has 0 saturated heterocycles. The monoisotopic (exact) mass is 251 g/mol. The fourth-order valence-electron chi connectivity index (χ4n) is 1.37. The molecule has 18 heavy (non-hydrogen) atoms. The Balaban J connectivity index is 2.44. The van der Waals surface area contributed by atoms with Crippen molar-refractivity contribution < 1.29 is 14.7 Å². The van der Waals surface area contributed by atoms with Gasteiger partial charge in [-0.15, -0.1) is 0 Å². The second-order valence-electron chi connectivity index (χ2n) is 3.83. The lowest BCUT2D eigenvalue weighted by Crippen LogP contribution is -2.37. The minimum Gasteiger partial charge on any atom is -0.382 e. The Hall–Kier alpha value is -1.92. The van der Waals surface area contributed by atoms with Gasteiger partial charge < -0.3 is 21.5 Å². The SMILES string of the molecule is CNC(=O)c1ccc(CNCC(O)C(N)=O)cc1. The highest BCUT2D eigenvalue weighted by Crippen LogP contribution is 2.04. The molecule has 0 spiro atoms. The van der Waals surface area contributed by atoms with E-state index in [1.165, 1.54) is 0 Å². The lowest BCUT2D eigenvalue weighted by Gasteiger charge is -2.08. The van der Waals surface area contributed by atoms with Crippen molar-refractivity contribution in [2.75, 3.05) is 13.6 Å². The zero-order valence-corrected chi connectivity index (χ0v) is 10.1. The Morgan fingerprint density at radius 1 is 1.33 bits per heavy atom. The van der Waals surface area contributed by atoms with Gasteiger partial charge in [-0.1, -0.05) is 12.1 Å². The van der Waals surface area contributed by atoms with Gasteiger partial charge in [0.25, 0.3) is 5.91 Å². The van der Waals surface area contributed by atoms with Gasteiger partial charge in [-0.2, -0.15) is 0 Å². The largest absolute Gasteiger partial charge is 0.382 e. The number of carbonyl (C=O) groups excluding carboxylic acids is 2. The van der Waals surface area contributed by atoms with Gasteiger partial charge in [-0.3, -0.25) is 9.59 Å². The lowest BCUT2D eigenvalue weighted by molar-refractivity contribution is -0.125. The maximum absolute atomic E-state index is 11.3. The van der Waals surface area contributed by atoms with E-state index in [2.05, 4.69) is 10.6 Å². The van der Waals surface area contributed by atoms with Crippen LogP contribution in [0.2, 0.25) is 0 Å². The minimum atomic E-state index is -1.19. The molecule has 2 amide bonds. The first-order valence-electron chi connectivity index (χ1n) is 5.53. The first-order valence-corrected chi connectivity index (χ1v) is 5.53. The molecule has 0 radical (unpaired) electrons. The summed E-state index contributed by atoms with van der Waals surface area (Å²) in [4.78, 5) is 21.9. The highest BCUT2D eigenvalue weighted by molar-refractivity contribution is 5.93. The number of amides is 2. The van der Waals surface area contributed by atoms with Crippen LogP contribution in [0.4, 0.5) is 0 Å². The van der Waals surface area contributed by atoms with Crippen LogP contribution >= 0.6 is 0 Å². The van der Waals surface area contributed by atoms with Crippen LogP contribution in [0.3, 0.4) is 0 Å². The second kappa shape index (κ2) is 6.73. The molecule has 1 rings (SSSR count). The minimum absolute atomic E-state index is 0.104. The highest BCUT2D eigenvalue weighted by atomic mass is 16.3. The van der Waals surface area contributed by atoms with Crippen LogP contribution in [0.15, 0.2) is 24.3 Å². The zero-order valence-electron chi connectivity index (χ0n) is 10.1. The number of nitrogens with two attached hydrogens (primary N) is 1. The van der Waals surface area contributed by atoms with Crippen molar-refractivity contribution in [1.82, 2.24) is 10.6 Å². The summed E-state index contributed by atoms with van der Waals surface area (Å²) >= 11 is 0. The summed E-state index contributed by atoms with van der Waals surface area (Å²) in [5.74, 6) is -0.892. The molecule has 6 nitrogen and oxygen atoms in total. The van der Waals surface area contributed by atoms with E-state index in [0.717, 1.165) is 5.56 Å². The van der Waals surface area contributed by atoms with E-state index < -0.39 is 12.0 Å². The number of hydrogen-bond acceptors (Lipinski definition) is 4. The van der Waals surface area contributed by atoms with Gasteiger partial charge in [0.05, 0.1) is 0 Å². The Kier molecular flexibility index (Phi) is 5.29. The fourth-order valence-corrected chi connectivity index (χ4v) is 1.37. The van der Waals surface area contributed by atoms with Gasteiger partial charge in [0.2, 0.25) is 5.91 Å². The number of nitrogens with one attached hydrogen (secondary N) is 2. The standard InChI is InChI=1S/C12H17N3O3/c1-14-12(18)9-4-2-8(3-5-9)6-15-7-10(16)11(13)17/h2-5,10,15-16H,6-7H2,1H3,(H2,13,17)(H,14,18). The number of aliphatic hydroxyl groups is 1. The topological polar surface area (TPSA) is 104 Å². The lowest BCUT2D eigenvalue weighted by atomic mass is 10.1. The van der Waals surface area contributed by atoms with Crippen LogP contribution in [0.5, 0.6) is 0 Å². The molecule has 0 heterocycles. The van der Waals surface area contributed by atoms with E-state index >= 15 is 0 Å². The second-order valence-corrected chi connectivity index (χ2v) is 3.83. The van der Waals surface area contributed by atoms with Crippen LogP contribution in [-0.4, -0.2) is 36.6 Å². The van der Waals surface area contributed by atoms with Crippen molar-refractivity contribution in [3.05, 3.63) is 35.4 Å². The van der Waals surface area contributed by atoms with E-state index in [-0.39, 0.29) is 12.5 Å². The van der Waals surface area contributed by atoms with Crippen molar-refractivity contribution in [3.63, 3.8) is 0 Å². The Labute approximate surface area is 105 Å². The summed E-state index contributed by atoms with van der Waals surface area (Å²) < 4.78 is 0. The molecule has 0 aliphatic rings. The molecule has 98 valence electrons. The van der Waals surface area contributed by atoms with Crippen molar-refractivity contribution in [2.24, 2.45) is 5.73 Å². The third-order valence-corrected chi connectivity index (χ3v) is 2.44. The first-order chi connectivity index (χ1) is 8.54. The van der Waals surface area contributed by atoms with E-state index in [4.69, 9.17) is 10.8 Å². The smallest absolute Gasteiger partial charge is 0.251 e. The van der Waals surface area contributed by atoms with Crippen LogP contribution < -0.4 is 16.4 Å². The number of hydrogen-bond donors (Lipinski definition) is 4. The average Bonchev–Trinajstić information content (AvgIpc) is 2.38. The molecule has 5 N–H and O–H groups in total. The maximum atomic E-state index is 11.3. The van der Waals surface area contributed by atoms with Gasteiger partial charge in [0.15, 0.2) is 0 Å². The molecule has 1 atom stereocenters. The van der Waals surface area contributed by atoms with Gasteiger partial charge in [0, 0.05) is 25.7 Å². The quantitative estimate of drug-likeness (QED) is 0.519. The molecule has 6 heteroatoms. The molecule has 1 aromatic carbocycles. The summed E-state index contributed by atoms with van der Waals surface area (Å²) in [6.07, 6.45) is -1.19. The molecule has 0 fully saturated rings. The van der Waals surface area contributed by atoms with Crippen molar-refractivity contribution in [1.29, 1.82) is 0 Å². The molecule has 0 aliphatic heterocycles. The highest BCUT2D eigenvalue weighted by Gasteiger charge is 2.09. The van der Waals surface area contributed by atoms with Crippen LogP contribution in [0, 0.1) is 0 Å². The van der Waals surface area contributed by atoms with Gasteiger partial charge in [-0.25, -0.2) is 0 Å². The van der Waals surface area contributed by atoms with Crippen molar-refractivity contribution in [3.8, 4) is 0 Å². The van der Waals surface area contributed by atoms with Crippen LogP contribution in [0.25, 0.3) is 0 Å². The Morgan fingerprint density at radius 2 is 1.94 bits per heavy atom. The molecule has 0 saturated carbocycles. The molecular weight excluding hydrogens is 234 g/mol. The molecule has 0 aromatic heterocycles. The van der Waals surface area contributed by atoms with E-state index in [1.54, 1.807) is 31.3 Å². The number of benzene rings is 1. The van der Waals surface area contributed by atoms with E-state index in [1.807, 2.05) is 0 Å². The van der Waals surface area contributed by atoms with Crippen molar-refractivity contribution >= 4 is 11.8 Å². The number of aliphatic hydroxyl groups excluding tert-OH is 1. The Morgan fingerprint density at radius 3 is 2.44 bits per heavy atom. The summed E-state index contributed by atoms with van der Waals surface area (Å²) in [6.45, 7) is 0.588. The molecular formula is C12H17N3O3.